The number of aromatic nitrogens is 1. The molecule has 2 N–H and O–H groups in total. The third-order valence-corrected chi connectivity index (χ3v) is 5.52. The van der Waals surface area contributed by atoms with Crippen LogP contribution in [0, 0.1) is 0 Å². The zero-order chi connectivity index (χ0) is 16.8. The molecule has 3 heterocycles. The summed E-state index contributed by atoms with van der Waals surface area (Å²) in [6, 6.07) is 7.79. The number of nitrogens with zero attached hydrogens (tertiary/aromatic N) is 1. The van der Waals surface area contributed by atoms with Gasteiger partial charge in [0.15, 0.2) is 0 Å². The lowest BCUT2D eigenvalue weighted by Crippen LogP contribution is -2.54. The number of likely N-dealkylation sites (tertiary alicyclic amines) is 1. The lowest BCUT2D eigenvalue weighted by molar-refractivity contribution is -0.170. The standard InChI is InChI=1S/C19H24N2O3/c1-18(23)7-11-24-19(13-18)5-9-21(10-6-19)17(22)15-3-2-14-4-8-20-16(14)12-15/h2-4,8,12,20,23H,5-7,9-11,13H2,1H3. The van der Waals surface area contributed by atoms with Crippen LogP contribution in [-0.4, -0.2) is 51.8 Å². The minimum Gasteiger partial charge on any atom is -0.390 e. The number of carbonyl (C=O) groups is 1. The summed E-state index contributed by atoms with van der Waals surface area (Å²) in [7, 11) is 0. The van der Waals surface area contributed by atoms with Crippen molar-refractivity contribution in [3.8, 4) is 0 Å². The van der Waals surface area contributed by atoms with E-state index in [1.165, 1.54) is 0 Å². The van der Waals surface area contributed by atoms with Crippen molar-refractivity contribution in [1.82, 2.24) is 9.88 Å². The molecule has 128 valence electrons. The van der Waals surface area contributed by atoms with Gasteiger partial charge in [0, 0.05) is 36.8 Å². The normalized spacial score (nSPS) is 26.8. The second kappa shape index (κ2) is 5.60. The van der Waals surface area contributed by atoms with Gasteiger partial charge >= 0.3 is 0 Å². The van der Waals surface area contributed by atoms with Crippen LogP contribution in [0.25, 0.3) is 10.9 Å². The van der Waals surface area contributed by atoms with Crippen molar-refractivity contribution in [2.24, 2.45) is 0 Å². The summed E-state index contributed by atoms with van der Waals surface area (Å²) >= 11 is 0. The minimum atomic E-state index is -0.650. The van der Waals surface area contributed by atoms with Gasteiger partial charge in [-0.2, -0.15) is 0 Å². The van der Waals surface area contributed by atoms with Crippen molar-refractivity contribution < 1.29 is 14.6 Å². The largest absolute Gasteiger partial charge is 0.390 e. The maximum Gasteiger partial charge on any atom is 0.253 e. The van der Waals surface area contributed by atoms with E-state index in [-0.39, 0.29) is 11.5 Å². The zero-order valence-corrected chi connectivity index (χ0v) is 14.0. The number of piperidine rings is 1. The van der Waals surface area contributed by atoms with Crippen LogP contribution in [0.1, 0.15) is 43.0 Å². The molecule has 24 heavy (non-hydrogen) atoms. The number of fused-ring (bicyclic) bond motifs is 1. The van der Waals surface area contributed by atoms with E-state index in [1.807, 2.05) is 42.3 Å². The maximum absolute atomic E-state index is 12.8. The number of amides is 1. The first-order chi connectivity index (χ1) is 11.5. The number of H-pyrrole nitrogens is 1. The Morgan fingerprint density at radius 3 is 2.79 bits per heavy atom. The second-order valence-electron chi connectivity index (χ2n) is 7.53. The summed E-state index contributed by atoms with van der Waals surface area (Å²) in [5.74, 6) is 0.0731. The minimum absolute atomic E-state index is 0.0731. The molecule has 2 aromatic rings. The number of carbonyl (C=O) groups excluding carboxylic acids is 1. The second-order valence-corrected chi connectivity index (χ2v) is 7.53. The Morgan fingerprint density at radius 2 is 2.04 bits per heavy atom. The van der Waals surface area contributed by atoms with Crippen molar-refractivity contribution in [3.63, 3.8) is 0 Å². The highest BCUT2D eigenvalue weighted by molar-refractivity contribution is 5.98. The maximum atomic E-state index is 12.8. The fourth-order valence-electron chi connectivity index (χ4n) is 4.12. The van der Waals surface area contributed by atoms with Crippen LogP contribution < -0.4 is 0 Å². The van der Waals surface area contributed by atoms with Gasteiger partial charge in [0.1, 0.15) is 0 Å². The number of benzene rings is 1. The van der Waals surface area contributed by atoms with E-state index in [2.05, 4.69) is 4.98 Å². The lowest BCUT2D eigenvalue weighted by atomic mass is 9.78. The molecule has 5 nitrogen and oxygen atoms in total. The third-order valence-electron chi connectivity index (χ3n) is 5.52. The molecule has 0 aliphatic carbocycles. The van der Waals surface area contributed by atoms with Gasteiger partial charge in [-0.05, 0) is 49.8 Å². The first-order valence-corrected chi connectivity index (χ1v) is 8.69. The number of aromatic amines is 1. The van der Waals surface area contributed by atoms with Gasteiger partial charge in [-0.15, -0.1) is 0 Å². The zero-order valence-electron chi connectivity index (χ0n) is 14.0. The molecule has 1 amide bonds. The van der Waals surface area contributed by atoms with Gasteiger partial charge in [0.25, 0.3) is 5.91 Å². The molecule has 0 bridgehead atoms. The molecular formula is C19H24N2O3. The molecule has 0 saturated carbocycles. The fourth-order valence-corrected chi connectivity index (χ4v) is 4.12. The Bertz CT molecular complexity index is 757. The predicted molar refractivity (Wildman–Crippen MR) is 92.0 cm³/mol. The summed E-state index contributed by atoms with van der Waals surface area (Å²) in [6.45, 7) is 3.85. The van der Waals surface area contributed by atoms with Gasteiger partial charge in [0.05, 0.1) is 17.8 Å². The Balaban J connectivity index is 1.46. The van der Waals surface area contributed by atoms with E-state index in [9.17, 15) is 9.90 Å². The highest BCUT2D eigenvalue weighted by atomic mass is 16.5. The smallest absolute Gasteiger partial charge is 0.253 e. The monoisotopic (exact) mass is 328 g/mol. The number of ether oxygens (including phenoxy) is 1. The van der Waals surface area contributed by atoms with Gasteiger partial charge in [-0.3, -0.25) is 4.79 Å². The predicted octanol–water partition coefficient (Wildman–Crippen LogP) is 2.70. The van der Waals surface area contributed by atoms with Crippen LogP contribution in [0.4, 0.5) is 0 Å². The average Bonchev–Trinajstić information content (AvgIpc) is 3.01. The average molecular weight is 328 g/mol. The number of rotatable bonds is 1. The molecule has 5 heteroatoms. The van der Waals surface area contributed by atoms with Crippen molar-refractivity contribution in [3.05, 3.63) is 36.0 Å². The summed E-state index contributed by atoms with van der Waals surface area (Å²) in [5, 5.41) is 11.5. The summed E-state index contributed by atoms with van der Waals surface area (Å²) < 4.78 is 6.02. The Kier molecular flexibility index (Phi) is 3.66. The Hall–Kier alpha value is -1.85. The third kappa shape index (κ3) is 2.82. The topological polar surface area (TPSA) is 65.6 Å². The Morgan fingerprint density at radius 1 is 1.25 bits per heavy atom. The SMILES string of the molecule is CC1(O)CCOC2(CCN(C(=O)c3ccc4cc[nH]c4c3)CC2)C1. The number of hydrogen-bond donors (Lipinski definition) is 2. The molecule has 1 aromatic carbocycles. The molecule has 1 atom stereocenters. The molecule has 4 rings (SSSR count). The lowest BCUT2D eigenvalue weighted by Gasteiger charge is -2.48. The molecular weight excluding hydrogens is 304 g/mol. The highest BCUT2D eigenvalue weighted by Crippen LogP contribution is 2.39. The number of nitrogens with one attached hydrogen (secondary N) is 1. The van der Waals surface area contributed by atoms with Crippen molar-refractivity contribution in [1.29, 1.82) is 0 Å². The van der Waals surface area contributed by atoms with Gasteiger partial charge in [0.2, 0.25) is 0 Å². The van der Waals surface area contributed by atoms with Gasteiger partial charge < -0.3 is 19.7 Å². The molecule has 1 aromatic heterocycles. The molecule has 2 fully saturated rings. The Labute approximate surface area is 141 Å². The molecule has 1 unspecified atom stereocenters. The number of aliphatic hydroxyl groups is 1. The van der Waals surface area contributed by atoms with E-state index in [1.54, 1.807) is 0 Å². The summed E-state index contributed by atoms with van der Waals surface area (Å²) in [6.07, 6.45) is 4.82. The van der Waals surface area contributed by atoms with Crippen LogP contribution in [0.3, 0.4) is 0 Å². The highest BCUT2D eigenvalue weighted by Gasteiger charge is 2.44. The van der Waals surface area contributed by atoms with E-state index < -0.39 is 5.60 Å². The van der Waals surface area contributed by atoms with E-state index in [0.717, 1.165) is 29.3 Å². The van der Waals surface area contributed by atoms with Gasteiger partial charge in [-0.25, -0.2) is 0 Å². The fraction of sp³-hybridized carbons (Fsp3) is 0.526. The van der Waals surface area contributed by atoms with Crippen molar-refractivity contribution in [2.45, 2.75) is 43.8 Å². The quantitative estimate of drug-likeness (QED) is 0.846. The molecule has 2 aliphatic heterocycles. The van der Waals surface area contributed by atoms with Crippen molar-refractivity contribution >= 4 is 16.8 Å². The van der Waals surface area contributed by atoms with E-state index >= 15 is 0 Å². The van der Waals surface area contributed by atoms with Crippen LogP contribution in [0.15, 0.2) is 30.5 Å². The molecule has 0 radical (unpaired) electrons. The molecule has 1 spiro atoms. The van der Waals surface area contributed by atoms with E-state index in [0.29, 0.717) is 32.5 Å². The first-order valence-electron chi connectivity index (χ1n) is 8.69. The summed E-state index contributed by atoms with van der Waals surface area (Å²) in [4.78, 5) is 17.8. The first kappa shape index (κ1) is 15.7. The van der Waals surface area contributed by atoms with Crippen LogP contribution >= 0.6 is 0 Å². The molecule has 2 aliphatic rings. The van der Waals surface area contributed by atoms with Crippen molar-refractivity contribution in [2.75, 3.05) is 19.7 Å². The van der Waals surface area contributed by atoms with E-state index in [4.69, 9.17) is 4.74 Å². The number of hydrogen-bond acceptors (Lipinski definition) is 3. The van der Waals surface area contributed by atoms with Crippen LogP contribution in [0.5, 0.6) is 0 Å². The summed E-state index contributed by atoms with van der Waals surface area (Å²) in [5.41, 5.74) is 0.795. The molecule has 2 saturated heterocycles. The van der Waals surface area contributed by atoms with Crippen LogP contribution in [0.2, 0.25) is 0 Å². The van der Waals surface area contributed by atoms with Gasteiger partial charge in [-0.1, -0.05) is 6.07 Å². The van der Waals surface area contributed by atoms with Crippen LogP contribution in [-0.2, 0) is 4.74 Å².